The van der Waals surface area contributed by atoms with E-state index in [-0.39, 0.29) is 11.7 Å². The number of hydrogen-bond acceptors (Lipinski definition) is 2. The molecule has 15 heavy (non-hydrogen) atoms. The minimum Gasteiger partial charge on any atom is -0.481 e. The Kier molecular flexibility index (Phi) is 3.48. The summed E-state index contributed by atoms with van der Waals surface area (Å²) in [6.45, 7) is 3.28. The molecule has 0 amide bonds. The normalized spacial score (nSPS) is 16.8. The maximum atomic E-state index is 10.9. The van der Waals surface area contributed by atoms with Gasteiger partial charge in [-0.05, 0) is 12.2 Å². The van der Waals surface area contributed by atoms with E-state index < -0.39 is 5.97 Å². The van der Waals surface area contributed by atoms with Crippen molar-refractivity contribution in [3.8, 4) is 0 Å². The molecule has 2 rings (SSSR count). The van der Waals surface area contributed by atoms with Crippen molar-refractivity contribution < 1.29 is 14.7 Å². The first-order chi connectivity index (χ1) is 6.93. The van der Waals surface area contributed by atoms with Crippen molar-refractivity contribution in [2.45, 2.75) is 13.8 Å². The minimum absolute atomic E-state index is 0.0694. The average molecular weight is 227 g/mol. The maximum Gasteiger partial charge on any atom is 0.305 e. The van der Waals surface area contributed by atoms with Crippen molar-refractivity contribution in [1.29, 1.82) is 0 Å². The molecule has 0 aromatic rings. The molecule has 2 bridgehead atoms. The molecular formula is C11H11ClO3. The third-order valence-corrected chi connectivity index (χ3v) is 2.28. The highest BCUT2D eigenvalue weighted by molar-refractivity contribution is 6.38. The number of halogens is 1. The van der Waals surface area contributed by atoms with Gasteiger partial charge in [-0.1, -0.05) is 31.5 Å². The highest BCUT2D eigenvalue weighted by Crippen LogP contribution is 2.31. The van der Waals surface area contributed by atoms with Gasteiger partial charge in [0.25, 0.3) is 0 Å². The number of rotatable bonds is 1. The third-order valence-electron chi connectivity index (χ3n) is 1.97. The van der Waals surface area contributed by atoms with Gasteiger partial charge in [-0.25, -0.2) is 0 Å². The molecule has 1 N–H and O–H groups in total. The predicted molar refractivity (Wildman–Crippen MR) is 57.6 cm³/mol. The number of carboxylic acids is 1. The number of allylic oxidation sites excluding steroid dienone is 6. The third kappa shape index (κ3) is 2.57. The van der Waals surface area contributed by atoms with E-state index >= 15 is 0 Å². The fourth-order valence-electron chi connectivity index (χ4n) is 0.996. The highest BCUT2D eigenvalue weighted by atomic mass is 35.5. The molecule has 0 saturated carbocycles. The lowest BCUT2D eigenvalue weighted by atomic mass is 10.2. The van der Waals surface area contributed by atoms with Gasteiger partial charge in [0.15, 0.2) is 5.78 Å². The summed E-state index contributed by atoms with van der Waals surface area (Å²) in [7, 11) is 0. The van der Waals surface area contributed by atoms with Crippen LogP contribution in [-0.2, 0) is 9.59 Å². The molecule has 0 atom stereocenters. The summed E-state index contributed by atoms with van der Waals surface area (Å²) < 4.78 is 0. The van der Waals surface area contributed by atoms with Gasteiger partial charge in [0.05, 0.1) is 11.0 Å². The molecule has 0 aromatic heterocycles. The molecule has 0 unspecified atom stereocenters. The summed E-state index contributed by atoms with van der Waals surface area (Å²) in [5.74, 6) is -0.903. The molecular weight excluding hydrogens is 216 g/mol. The number of Topliss-reactive ketones (excluding diaryl/α,β-unsaturated/α-hetero) is 1. The molecule has 3 nitrogen and oxygen atoms in total. The maximum absolute atomic E-state index is 10.9. The van der Waals surface area contributed by atoms with Gasteiger partial charge >= 0.3 is 5.97 Å². The van der Waals surface area contributed by atoms with E-state index in [2.05, 4.69) is 0 Å². The molecule has 0 aromatic carbocycles. The number of ketones is 1. The second-order valence-corrected chi connectivity index (χ2v) is 3.92. The topological polar surface area (TPSA) is 54.4 Å². The van der Waals surface area contributed by atoms with Gasteiger partial charge in [-0.2, -0.15) is 0 Å². The van der Waals surface area contributed by atoms with E-state index in [4.69, 9.17) is 16.7 Å². The van der Waals surface area contributed by atoms with Gasteiger partial charge in [0, 0.05) is 11.1 Å². The summed E-state index contributed by atoms with van der Waals surface area (Å²) in [4.78, 5) is 20.6. The fraction of sp³-hybridized carbons (Fsp3) is 0.273. The quantitative estimate of drug-likeness (QED) is 0.746. The van der Waals surface area contributed by atoms with Gasteiger partial charge in [0.1, 0.15) is 0 Å². The van der Waals surface area contributed by atoms with Crippen LogP contribution in [0.4, 0.5) is 0 Å². The largest absolute Gasteiger partial charge is 0.481 e. The van der Waals surface area contributed by atoms with Crippen LogP contribution in [-0.4, -0.2) is 16.9 Å². The lowest BCUT2D eigenvalue weighted by molar-refractivity contribution is -0.140. The van der Waals surface area contributed by atoms with E-state index in [1.54, 1.807) is 32.1 Å². The molecule has 80 valence electrons. The van der Waals surface area contributed by atoms with Crippen LogP contribution in [0.3, 0.4) is 0 Å². The number of carbonyl (C=O) groups is 2. The molecule has 0 spiro atoms. The van der Waals surface area contributed by atoms with Crippen LogP contribution >= 0.6 is 11.6 Å². The van der Waals surface area contributed by atoms with E-state index in [9.17, 15) is 9.59 Å². The average Bonchev–Trinajstić information content (AvgIpc) is 2.61. The zero-order valence-electron chi connectivity index (χ0n) is 8.45. The summed E-state index contributed by atoms with van der Waals surface area (Å²) in [5, 5.41) is 8.57. The Bertz CT molecular complexity index is 400. The number of hydrogen-bond donors (Lipinski definition) is 1. The summed E-state index contributed by atoms with van der Waals surface area (Å²) >= 11 is 5.63. The van der Waals surface area contributed by atoms with E-state index in [0.717, 1.165) is 5.57 Å². The van der Waals surface area contributed by atoms with Crippen LogP contribution in [0.1, 0.15) is 13.8 Å². The molecule has 0 fully saturated rings. The first-order valence-electron chi connectivity index (χ1n) is 4.50. The molecule has 2 aliphatic rings. The van der Waals surface area contributed by atoms with Crippen LogP contribution in [0.25, 0.3) is 0 Å². The van der Waals surface area contributed by atoms with Crippen molar-refractivity contribution in [3.05, 3.63) is 34.4 Å². The van der Waals surface area contributed by atoms with Crippen LogP contribution < -0.4 is 0 Å². The van der Waals surface area contributed by atoms with Crippen LogP contribution in [0.15, 0.2) is 34.4 Å². The number of carboxylic acid groups (broad SMARTS) is 1. The lowest BCUT2D eigenvalue weighted by Crippen LogP contribution is -2.03. The molecule has 0 radical (unpaired) electrons. The highest BCUT2D eigenvalue weighted by Gasteiger charge is 2.25. The molecule has 0 heterocycles. The smallest absolute Gasteiger partial charge is 0.305 e. The van der Waals surface area contributed by atoms with Crippen molar-refractivity contribution in [2.24, 2.45) is 5.92 Å². The minimum atomic E-state index is -0.741. The number of carbonyl (C=O) groups excluding carboxylic acids is 1. The zero-order valence-corrected chi connectivity index (χ0v) is 9.21. The Morgan fingerprint density at radius 2 is 1.93 bits per heavy atom. The van der Waals surface area contributed by atoms with E-state index in [0.29, 0.717) is 10.6 Å². The molecule has 2 aliphatic carbocycles. The zero-order chi connectivity index (χ0) is 11.6. The van der Waals surface area contributed by atoms with E-state index in [1.807, 2.05) is 0 Å². The van der Waals surface area contributed by atoms with Crippen LogP contribution in [0.2, 0.25) is 0 Å². The predicted octanol–water partition coefficient (Wildman–Crippen LogP) is 2.29. The first kappa shape index (κ1) is 11.7. The Balaban J connectivity index is 0.000000167. The Morgan fingerprint density at radius 1 is 1.40 bits per heavy atom. The first-order valence-corrected chi connectivity index (χ1v) is 4.88. The second-order valence-electron chi connectivity index (χ2n) is 3.52. The van der Waals surface area contributed by atoms with E-state index in [1.165, 1.54) is 0 Å². The summed E-state index contributed by atoms with van der Waals surface area (Å²) in [5.41, 5.74) is 1.36. The standard InChI is InChI=1S/C7H3ClO.C4H8O2/c8-6-3-4-1-2-5(6)7(4)9;1-3(2)4(5)6/h1-3H;3H,1-2H3,(H,5,6). The van der Waals surface area contributed by atoms with Gasteiger partial charge in [0.2, 0.25) is 0 Å². The Labute approximate surface area is 92.7 Å². The van der Waals surface area contributed by atoms with Crippen molar-refractivity contribution in [2.75, 3.05) is 0 Å². The Hall–Kier alpha value is -1.35. The summed E-state index contributed by atoms with van der Waals surface area (Å²) in [6.07, 6.45) is 5.22. The SMILES string of the molecule is CC(C)C(=O)O.O=C1C2=CC(Cl)=C1C=C2. The van der Waals surface area contributed by atoms with Gasteiger partial charge < -0.3 is 5.11 Å². The number of fused-ring (bicyclic) bond motifs is 2. The van der Waals surface area contributed by atoms with Crippen molar-refractivity contribution in [3.63, 3.8) is 0 Å². The van der Waals surface area contributed by atoms with Gasteiger partial charge in [-0.3, -0.25) is 9.59 Å². The van der Waals surface area contributed by atoms with Crippen molar-refractivity contribution >= 4 is 23.4 Å². The van der Waals surface area contributed by atoms with Crippen LogP contribution in [0, 0.1) is 5.92 Å². The summed E-state index contributed by atoms with van der Waals surface area (Å²) in [6, 6.07) is 0. The second kappa shape index (κ2) is 4.45. The molecule has 4 heteroatoms. The monoisotopic (exact) mass is 226 g/mol. The molecule has 0 aliphatic heterocycles. The van der Waals surface area contributed by atoms with Gasteiger partial charge in [-0.15, -0.1) is 0 Å². The molecule has 0 saturated heterocycles. The van der Waals surface area contributed by atoms with Crippen molar-refractivity contribution in [1.82, 2.24) is 0 Å². The Morgan fingerprint density at radius 3 is 2.07 bits per heavy atom. The fourth-order valence-corrected chi connectivity index (χ4v) is 1.26. The van der Waals surface area contributed by atoms with Crippen LogP contribution in [0.5, 0.6) is 0 Å². The lowest BCUT2D eigenvalue weighted by Gasteiger charge is -1.89. The number of aliphatic carboxylic acids is 1.